The SMILES string of the molecule is CC1CN(C(C)CNC(=O)CCc2ccc(F)c(F)c2)CC(C)O1. The first-order valence-corrected chi connectivity index (χ1v) is 8.45. The molecular formula is C18H26F2N2O2. The van der Waals surface area contributed by atoms with Gasteiger partial charge in [0.1, 0.15) is 0 Å². The molecule has 1 N–H and O–H groups in total. The first-order chi connectivity index (χ1) is 11.3. The molecule has 0 aromatic heterocycles. The second-order valence-corrected chi connectivity index (χ2v) is 6.61. The summed E-state index contributed by atoms with van der Waals surface area (Å²) in [6, 6.07) is 3.96. The molecule has 1 aliphatic heterocycles. The normalized spacial score (nSPS) is 23.0. The first-order valence-electron chi connectivity index (χ1n) is 8.45. The predicted molar refractivity (Wildman–Crippen MR) is 88.7 cm³/mol. The number of halogens is 2. The molecule has 0 bridgehead atoms. The Hall–Kier alpha value is -1.53. The van der Waals surface area contributed by atoms with Crippen molar-refractivity contribution < 1.29 is 18.3 Å². The van der Waals surface area contributed by atoms with Gasteiger partial charge in [0.25, 0.3) is 0 Å². The van der Waals surface area contributed by atoms with E-state index in [4.69, 9.17) is 4.74 Å². The number of ether oxygens (including phenoxy) is 1. The van der Waals surface area contributed by atoms with E-state index in [9.17, 15) is 13.6 Å². The molecule has 1 heterocycles. The van der Waals surface area contributed by atoms with Gasteiger partial charge in [-0.2, -0.15) is 0 Å². The average Bonchev–Trinajstić information content (AvgIpc) is 2.52. The molecule has 1 fully saturated rings. The molecule has 1 amide bonds. The first kappa shape index (κ1) is 18.8. The third kappa shape index (κ3) is 5.53. The van der Waals surface area contributed by atoms with Gasteiger partial charge >= 0.3 is 0 Å². The number of nitrogens with zero attached hydrogens (tertiary/aromatic N) is 1. The number of morpholine rings is 1. The van der Waals surface area contributed by atoms with Gasteiger partial charge < -0.3 is 10.1 Å². The molecule has 0 saturated carbocycles. The number of carbonyl (C=O) groups excluding carboxylic acids is 1. The van der Waals surface area contributed by atoms with Crippen LogP contribution in [0.2, 0.25) is 0 Å². The highest BCUT2D eigenvalue weighted by Crippen LogP contribution is 2.13. The van der Waals surface area contributed by atoms with E-state index < -0.39 is 11.6 Å². The lowest BCUT2D eigenvalue weighted by Crippen LogP contribution is -2.52. The van der Waals surface area contributed by atoms with Crippen LogP contribution < -0.4 is 5.32 Å². The van der Waals surface area contributed by atoms with Crippen molar-refractivity contribution in [2.24, 2.45) is 0 Å². The van der Waals surface area contributed by atoms with Gasteiger partial charge in [0, 0.05) is 32.1 Å². The quantitative estimate of drug-likeness (QED) is 0.865. The van der Waals surface area contributed by atoms with Crippen LogP contribution in [-0.2, 0) is 16.0 Å². The third-order valence-electron chi connectivity index (χ3n) is 4.29. The van der Waals surface area contributed by atoms with Crippen molar-refractivity contribution in [3.05, 3.63) is 35.4 Å². The Bertz CT molecular complexity index is 558. The number of hydrogen-bond donors (Lipinski definition) is 1. The topological polar surface area (TPSA) is 41.6 Å². The number of hydrogen-bond acceptors (Lipinski definition) is 3. The molecule has 0 spiro atoms. The smallest absolute Gasteiger partial charge is 0.220 e. The van der Waals surface area contributed by atoms with Crippen molar-refractivity contribution in [1.29, 1.82) is 0 Å². The van der Waals surface area contributed by atoms with Gasteiger partial charge in [-0.25, -0.2) is 8.78 Å². The van der Waals surface area contributed by atoms with Gasteiger partial charge in [-0.05, 0) is 44.9 Å². The lowest BCUT2D eigenvalue weighted by atomic mass is 10.1. The number of nitrogens with one attached hydrogen (secondary N) is 1. The molecular weight excluding hydrogens is 314 g/mol. The predicted octanol–water partition coefficient (Wildman–Crippen LogP) is 2.51. The van der Waals surface area contributed by atoms with Gasteiger partial charge in [0.15, 0.2) is 11.6 Å². The fourth-order valence-corrected chi connectivity index (χ4v) is 3.01. The second-order valence-electron chi connectivity index (χ2n) is 6.61. The second kappa shape index (κ2) is 8.53. The molecule has 2 rings (SSSR count). The van der Waals surface area contributed by atoms with Crippen LogP contribution in [0.4, 0.5) is 8.78 Å². The number of benzene rings is 1. The van der Waals surface area contributed by atoms with Gasteiger partial charge in [0.2, 0.25) is 5.91 Å². The molecule has 1 aliphatic rings. The zero-order chi connectivity index (χ0) is 17.7. The van der Waals surface area contributed by atoms with Crippen LogP contribution >= 0.6 is 0 Å². The van der Waals surface area contributed by atoms with Gasteiger partial charge in [-0.15, -0.1) is 0 Å². The number of aryl methyl sites for hydroxylation is 1. The molecule has 1 aromatic carbocycles. The molecule has 4 nitrogen and oxygen atoms in total. The Balaban J connectivity index is 1.73. The molecule has 0 aliphatic carbocycles. The lowest BCUT2D eigenvalue weighted by molar-refractivity contribution is -0.121. The molecule has 3 atom stereocenters. The summed E-state index contributed by atoms with van der Waals surface area (Å²) in [7, 11) is 0. The van der Waals surface area contributed by atoms with Crippen LogP contribution in [0.3, 0.4) is 0 Å². The van der Waals surface area contributed by atoms with E-state index in [2.05, 4.69) is 31.0 Å². The monoisotopic (exact) mass is 340 g/mol. The summed E-state index contributed by atoms with van der Waals surface area (Å²) in [5.74, 6) is -1.83. The summed E-state index contributed by atoms with van der Waals surface area (Å²) in [6.45, 7) is 8.47. The van der Waals surface area contributed by atoms with E-state index in [1.165, 1.54) is 6.07 Å². The Kier molecular flexibility index (Phi) is 6.69. The van der Waals surface area contributed by atoms with Crippen molar-refractivity contribution in [2.45, 2.75) is 51.9 Å². The highest BCUT2D eigenvalue weighted by atomic mass is 19.2. The van der Waals surface area contributed by atoms with E-state index in [0.29, 0.717) is 18.5 Å². The fourth-order valence-electron chi connectivity index (χ4n) is 3.01. The zero-order valence-corrected chi connectivity index (χ0v) is 14.5. The van der Waals surface area contributed by atoms with Crippen molar-refractivity contribution in [2.75, 3.05) is 19.6 Å². The molecule has 1 aromatic rings. The summed E-state index contributed by atoms with van der Waals surface area (Å²) >= 11 is 0. The van der Waals surface area contributed by atoms with Crippen LogP contribution in [0.25, 0.3) is 0 Å². The van der Waals surface area contributed by atoms with Crippen LogP contribution in [-0.4, -0.2) is 48.7 Å². The molecule has 134 valence electrons. The average molecular weight is 340 g/mol. The summed E-state index contributed by atoms with van der Waals surface area (Å²) in [4.78, 5) is 14.3. The number of rotatable bonds is 6. The van der Waals surface area contributed by atoms with Gasteiger partial charge in [-0.3, -0.25) is 9.69 Å². The van der Waals surface area contributed by atoms with Crippen LogP contribution in [0, 0.1) is 11.6 Å². The molecule has 24 heavy (non-hydrogen) atoms. The zero-order valence-electron chi connectivity index (χ0n) is 14.5. The fraction of sp³-hybridized carbons (Fsp3) is 0.611. The largest absolute Gasteiger partial charge is 0.373 e. The van der Waals surface area contributed by atoms with Crippen molar-refractivity contribution in [3.8, 4) is 0 Å². The highest BCUT2D eigenvalue weighted by Gasteiger charge is 2.25. The van der Waals surface area contributed by atoms with Gasteiger partial charge in [0.05, 0.1) is 12.2 Å². The minimum atomic E-state index is -0.878. The van der Waals surface area contributed by atoms with E-state index in [0.717, 1.165) is 25.2 Å². The summed E-state index contributed by atoms with van der Waals surface area (Å²) in [5.41, 5.74) is 0.618. The Morgan fingerprint density at radius 1 is 1.29 bits per heavy atom. The molecule has 1 saturated heterocycles. The van der Waals surface area contributed by atoms with E-state index in [-0.39, 0.29) is 30.6 Å². The molecule has 6 heteroatoms. The minimum Gasteiger partial charge on any atom is -0.373 e. The Morgan fingerprint density at radius 3 is 2.58 bits per heavy atom. The van der Waals surface area contributed by atoms with Crippen molar-refractivity contribution in [1.82, 2.24) is 10.2 Å². The van der Waals surface area contributed by atoms with Crippen LogP contribution in [0.5, 0.6) is 0 Å². The standard InChI is InChI=1S/C18H26F2N2O2/c1-12(22-10-13(2)24-14(3)11-22)9-21-18(23)7-5-15-4-6-16(19)17(20)8-15/h4,6,8,12-14H,5,7,9-11H2,1-3H3,(H,21,23). The minimum absolute atomic E-state index is 0.0825. The maximum atomic E-state index is 13.1. The Morgan fingerprint density at radius 2 is 1.96 bits per heavy atom. The van der Waals surface area contributed by atoms with Crippen LogP contribution in [0.15, 0.2) is 18.2 Å². The summed E-state index contributed by atoms with van der Waals surface area (Å²) in [6.07, 6.45) is 1.04. The van der Waals surface area contributed by atoms with E-state index in [1.807, 2.05) is 0 Å². The van der Waals surface area contributed by atoms with Gasteiger partial charge in [-0.1, -0.05) is 6.07 Å². The Labute approximate surface area is 142 Å². The van der Waals surface area contributed by atoms with E-state index in [1.54, 1.807) is 0 Å². The number of carbonyl (C=O) groups is 1. The molecule has 0 radical (unpaired) electrons. The molecule has 3 unspecified atom stereocenters. The van der Waals surface area contributed by atoms with Crippen LogP contribution in [0.1, 0.15) is 32.8 Å². The van der Waals surface area contributed by atoms with Crippen molar-refractivity contribution >= 4 is 5.91 Å². The lowest BCUT2D eigenvalue weighted by Gasteiger charge is -2.39. The summed E-state index contributed by atoms with van der Waals surface area (Å²) < 4.78 is 31.7. The number of amides is 1. The summed E-state index contributed by atoms with van der Waals surface area (Å²) in [5, 5.41) is 2.92. The highest BCUT2D eigenvalue weighted by molar-refractivity contribution is 5.76. The third-order valence-corrected chi connectivity index (χ3v) is 4.29. The maximum Gasteiger partial charge on any atom is 0.220 e. The maximum absolute atomic E-state index is 13.1. The van der Waals surface area contributed by atoms with Crippen molar-refractivity contribution in [3.63, 3.8) is 0 Å². The van der Waals surface area contributed by atoms with E-state index >= 15 is 0 Å².